The maximum Gasteiger partial charge on any atom is 0.0368 e. The van der Waals surface area contributed by atoms with E-state index in [-0.39, 0.29) is 0 Å². The maximum atomic E-state index is 4.47. The standard InChI is InChI=1S/C10H9BrS3/c1-13-8-2-6(4-11)3-9-10(8)7(12)5-14-9/h2-3,5,12H,4H2,1H3. The van der Waals surface area contributed by atoms with Crippen molar-refractivity contribution in [2.24, 2.45) is 0 Å². The lowest BCUT2D eigenvalue weighted by Crippen LogP contribution is -1.80. The predicted molar refractivity (Wildman–Crippen MR) is 73.5 cm³/mol. The topological polar surface area (TPSA) is 0 Å². The highest BCUT2D eigenvalue weighted by Gasteiger charge is 2.07. The highest BCUT2D eigenvalue weighted by atomic mass is 79.9. The summed E-state index contributed by atoms with van der Waals surface area (Å²) in [5.41, 5.74) is 1.33. The van der Waals surface area contributed by atoms with Crippen LogP contribution in [0.25, 0.3) is 10.1 Å². The molecule has 0 aliphatic heterocycles. The summed E-state index contributed by atoms with van der Waals surface area (Å²) in [5, 5.41) is 4.32. The molecular weight excluding hydrogens is 296 g/mol. The van der Waals surface area contributed by atoms with Crippen molar-refractivity contribution in [2.45, 2.75) is 15.1 Å². The number of fused-ring (bicyclic) bond motifs is 1. The summed E-state index contributed by atoms with van der Waals surface area (Å²) >= 11 is 11.5. The second-order valence-corrected chi connectivity index (χ2v) is 5.73. The van der Waals surface area contributed by atoms with E-state index in [4.69, 9.17) is 0 Å². The van der Waals surface area contributed by atoms with Crippen LogP contribution in [0.4, 0.5) is 0 Å². The molecule has 0 saturated carbocycles. The Kier molecular flexibility index (Phi) is 3.47. The van der Waals surface area contributed by atoms with Crippen molar-refractivity contribution in [1.29, 1.82) is 0 Å². The summed E-state index contributed by atoms with van der Waals surface area (Å²) in [7, 11) is 0. The minimum atomic E-state index is 0.913. The van der Waals surface area contributed by atoms with Crippen LogP contribution in [0.3, 0.4) is 0 Å². The van der Waals surface area contributed by atoms with Gasteiger partial charge in [-0.3, -0.25) is 0 Å². The van der Waals surface area contributed by atoms with Crippen molar-refractivity contribution in [2.75, 3.05) is 6.26 Å². The lowest BCUT2D eigenvalue weighted by Gasteiger charge is -2.03. The molecule has 2 aromatic rings. The van der Waals surface area contributed by atoms with E-state index < -0.39 is 0 Å². The highest BCUT2D eigenvalue weighted by Crippen LogP contribution is 2.37. The predicted octanol–water partition coefficient (Wildman–Crippen LogP) is 4.81. The van der Waals surface area contributed by atoms with Gasteiger partial charge in [-0.1, -0.05) is 15.9 Å². The van der Waals surface area contributed by atoms with Crippen LogP contribution in [0.15, 0.2) is 27.3 Å². The molecule has 0 radical (unpaired) electrons. The minimum Gasteiger partial charge on any atom is -0.143 e. The molecule has 1 heterocycles. The number of thiophene rings is 1. The second kappa shape index (κ2) is 4.47. The first-order chi connectivity index (χ1) is 6.76. The van der Waals surface area contributed by atoms with Gasteiger partial charge in [0.05, 0.1) is 0 Å². The first-order valence-corrected chi connectivity index (χ1v) is 7.76. The number of benzene rings is 1. The number of hydrogen-bond acceptors (Lipinski definition) is 3. The third-order valence-electron chi connectivity index (χ3n) is 2.05. The van der Waals surface area contributed by atoms with Crippen molar-refractivity contribution in [1.82, 2.24) is 0 Å². The number of thioether (sulfide) groups is 1. The molecule has 1 aromatic heterocycles. The summed E-state index contributed by atoms with van der Waals surface area (Å²) in [6.07, 6.45) is 2.11. The van der Waals surface area contributed by atoms with Crippen LogP contribution in [0.2, 0.25) is 0 Å². The van der Waals surface area contributed by atoms with E-state index in [2.05, 4.69) is 52.3 Å². The van der Waals surface area contributed by atoms with Gasteiger partial charge >= 0.3 is 0 Å². The van der Waals surface area contributed by atoms with Gasteiger partial charge in [-0.2, -0.15) is 0 Å². The fraction of sp³-hybridized carbons (Fsp3) is 0.200. The first kappa shape index (κ1) is 10.9. The molecule has 0 atom stereocenters. The van der Waals surface area contributed by atoms with Crippen LogP contribution in [-0.4, -0.2) is 6.26 Å². The molecule has 0 spiro atoms. The average molecular weight is 305 g/mol. The molecule has 0 amide bonds. The fourth-order valence-corrected chi connectivity index (χ4v) is 3.95. The molecule has 4 heteroatoms. The third-order valence-corrected chi connectivity index (χ3v) is 4.92. The van der Waals surface area contributed by atoms with E-state index in [0.29, 0.717) is 0 Å². The molecule has 0 saturated heterocycles. The summed E-state index contributed by atoms with van der Waals surface area (Å²) in [6.45, 7) is 0. The Hall–Kier alpha value is 0.360. The van der Waals surface area contributed by atoms with Gasteiger partial charge in [-0.15, -0.1) is 35.7 Å². The van der Waals surface area contributed by atoms with Crippen LogP contribution in [0.5, 0.6) is 0 Å². The number of hydrogen-bond donors (Lipinski definition) is 1. The first-order valence-electron chi connectivity index (χ1n) is 4.09. The molecule has 0 nitrogen and oxygen atoms in total. The number of thiol groups is 1. The molecular formula is C10H9BrS3. The van der Waals surface area contributed by atoms with E-state index in [1.165, 1.54) is 20.5 Å². The zero-order valence-corrected chi connectivity index (χ0v) is 11.7. The van der Waals surface area contributed by atoms with E-state index >= 15 is 0 Å². The van der Waals surface area contributed by atoms with Gasteiger partial charge in [0.1, 0.15) is 0 Å². The van der Waals surface area contributed by atoms with Crippen LogP contribution in [-0.2, 0) is 5.33 Å². The molecule has 2 rings (SSSR count). The molecule has 0 aliphatic carbocycles. The minimum absolute atomic E-state index is 0.913. The van der Waals surface area contributed by atoms with Gasteiger partial charge in [-0.05, 0) is 24.0 Å². The largest absolute Gasteiger partial charge is 0.143 e. The van der Waals surface area contributed by atoms with Crippen molar-refractivity contribution in [3.05, 3.63) is 23.1 Å². The van der Waals surface area contributed by atoms with Crippen molar-refractivity contribution < 1.29 is 0 Å². The van der Waals surface area contributed by atoms with Gasteiger partial charge in [0, 0.05) is 30.6 Å². The van der Waals surface area contributed by atoms with E-state index in [1.54, 1.807) is 23.1 Å². The quantitative estimate of drug-likeness (QED) is 0.472. The van der Waals surface area contributed by atoms with Gasteiger partial charge in [-0.25, -0.2) is 0 Å². The molecule has 0 N–H and O–H groups in total. The molecule has 74 valence electrons. The normalized spacial score (nSPS) is 11.1. The zero-order chi connectivity index (χ0) is 10.1. The second-order valence-electron chi connectivity index (χ2n) is 2.93. The van der Waals surface area contributed by atoms with Gasteiger partial charge in [0.2, 0.25) is 0 Å². The summed E-state index contributed by atoms with van der Waals surface area (Å²) in [5.74, 6) is 0. The van der Waals surface area contributed by atoms with Crippen LogP contribution in [0.1, 0.15) is 5.56 Å². The molecule has 14 heavy (non-hydrogen) atoms. The SMILES string of the molecule is CSc1cc(CBr)cc2scc(S)c12. The Morgan fingerprint density at radius 1 is 1.50 bits per heavy atom. The van der Waals surface area contributed by atoms with Crippen LogP contribution >= 0.6 is 51.7 Å². The Labute approximate surface area is 106 Å². The molecule has 0 unspecified atom stereocenters. The van der Waals surface area contributed by atoms with E-state index in [1.807, 2.05) is 0 Å². The van der Waals surface area contributed by atoms with E-state index in [9.17, 15) is 0 Å². The molecule has 1 aromatic carbocycles. The molecule has 0 bridgehead atoms. The smallest absolute Gasteiger partial charge is 0.0368 e. The lowest BCUT2D eigenvalue weighted by atomic mass is 10.2. The summed E-state index contributed by atoms with van der Waals surface area (Å²) < 4.78 is 1.33. The highest BCUT2D eigenvalue weighted by molar-refractivity contribution is 9.08. The fourth-order valence-electron chi connectivity index (χ4n) is 1.41. The van der Waals surface area contributed by atoms with Gasteiger partial charge in [0.15, 0.2) is 0 Å². The number of alkyl halides is 1. The Morgan fingerprint density at radius 2 is 2.29 bits per heavy atom. The number of halogens is 1. The summed E-state index contributed by atoms with van der Waals surface area (Å²) in [6, 6.07) is 4.46. The monoisotopic (exact) mass is 304 g/mol. The average Bonchev–Trinajstić information content (AvgIpc) is 2.59. The van der Waals surface area contributed by atoms with Crippen molar-refractivity contribution in [3.63, 3.8) is 0 Å². The lowest BCUT2D eigenvalue weighted by molar-refractivity contribution is 1.39. The van der Waals surface area contributed by atoms with Crippen molar-refractivity contribution in [3.8, 4) is 0 Å². The molecule has 0 fully saturated rings. The Bertz CT molecular complexity index is 462. The van der Waals surface area contributed by atoms with Crippen LogP contribution < -0.4 is 0 Å². The maximum absolute atomic E-state index is 4.47. The van der Waals surface area contributed by atoms with E-state index in [0.717, 1.165) is 10.2 Å². The van der Waals surface area contributed by atoms with Crippen LogP contribution in [0, 0.1) is 0 Å². The van der Waals surface area contributed by atoms with Gasteiger partial charge < -0.3 is 0 Å². The molecule has 0 aliphatic rings. The zero-order valence-electron chi connectivity index (χ0n) is 7.58. The third kappa shape index (κ3) is 1.85. The number of rotatable bonds is 2. The van der Waals surface area contributed by atoms with Crippen molar-refractivity contribution >= 4 is 61.7 Å². The Morgan fingerprint density at radius 3 is 2.93 bits per heavy atom. The summed E-state index contributed by atoms with van der Waals surface area (Å²) in [4.78, 5) is 2.42. The van der Waals surface area contributed by atoms with Gasteiger partial charge in [0.25, 0.3) is 0 Å². The Balaban J connectivity index is 2.76.